The molecule has 77 heavy (non-hydrogen) atoms. The number of esters is 1. The Hall–Kier alpha value is -7.23. The molecule has 0 radical (unpaired) electrons. The molecule has 7 heterocycles. The standard InChI is InChI=1S/C51H64N12O13S/c1-4-51(70)35-18-39-45-33(23-63(39)48(68)34(35)25-74-49(51)69)31(32-17-40-41(76-28-75-40)19-37(32)57-45)9-6-8-13-73-27-56-42(64)22-53-46(66)36(10-5-7-11-52)58-47(67)44(29(2)3)59-43(65)26-72-16-15-71-14-12-62-24-38(60-61-62)30-20-54-50(77)55-21-30/h17-21,24,29,36,44,70H,4-16,22-23,25-28,52H2,1-3H3,(H,53,66)(H,56,64)(H,58,67)(H,59,65)(H,54,55,77)/t36-,44-,51+/m0/s1. The van der Waals surface area contributed by atoms with Crippen LogP contribution in [0, 0.1) is 10.7 Å². The van der Waals surface area contributed by atoms with E-state index in [-0.39, 0.29) is 88.5 Å². The first-order valence-corrected chi connectivity index (χ1v) is 26.0. The van der Waals surface area contributed by atoms with Gasteiger partial charge in [-0.05, 0) is 87.3 Å². The predicted octanol–water partition coefficient (Wildman–Crippen LogP) is 1.54. The summed E-state index contributed by atoms with van der Waals surface area (Å²) in [5, 5.41) is 31.1. The molecule has 0 fully saturated rings. The fourth-order valence-corrected chi connectivity index (χ4v) is 9.35. The van der Waals surface area contributed by atoms with Crippen molar-refractivity contribution in [2.24, 2.45) is 11.7 Å². The van der Waals surface area contributed by atoms with Crippen LogP contribution in [0.2, 0.25) is 0 Å². The molecule has 1 aromatic carbocycles. The average molecular weight is 1090 g/mol. The van der Waals surface area contributed by atoms with Gasteiger partial charge in [-0.15, -0.1) is 5.10 Å². The number of rotatable bonds is 28. The van der Waals surface area contributed by atoms with Crippen molar-refractivity contribution in [3.8, 4) is 34.1 Å². The number of amides is 4. The van der Waals surface area contributed by atoms with Gasteiger partial charge in [0.25, 0.3) is 5.56 Å². The zero-order chi connectivity index (χ0) is 54.6. The minimum atomic E-state index is -1.96. The number of aliphatic hydroxyl groups is 1. The lowest BCUT2D eigenvalue weighted by Gasteiger charge is -2.31. The third-order valence-corrected chi connectivity index (χ3v) is 13.7. The number of nitrogens with two attached hydrogens (primary N) is 1. The molecule has 5 aromatic rings. The number of carbonyl (C=O) groups is 5. The maximum absolute atomic E-state index is 13.9. The Kier molecular flexibility index (Phi) is 18.7. The Balaban J connectivity index is 0.761. The first kappa shape index (κ1) is 56.0. The lowest BCUT2D eigenvalue weighted by molar-refractivity contribution is -0.172. The van der Waals surface area contributed by atoms with Crippen molar-refractivity contribution >= 4 is 52.7 Å². The van der Waals surface area contributed by atoms with E-state index in [1.807, 2.05) is 6.07 Å². The van der Waals surface area contributed by atoms with Crippen LogP contribution in [-0.2, 0) is 74.6 Å². The number of carbonyl (C=O) groups excluding carboxylic acids is 5. The summed E-state index contributed by atoms with van der Waals surface area (Å²) >= 11 is 4.97. The second-order valence-corrected chi connectivity index (χ2v) is 19.4. The van der Waals surface area contributed by atoms with Crippen molar-refractivity contribution in [1.29, 1.82) is 0 Å². The SMILES string of the molecule is CC[C@]1(O)C(=O)OCc2c1cc1n(c2=O)Cc2c-1nc1cc3c(cc1c2CCCCOCNC(=O)CNC(=O)[C@H](CCCCN)NC(=O)[C@@H](NC(=O)COCCOCCn1cc(-c2cnc(=S)[nH]c2)nn1)C(C)C)OCO3. The molecule has 26 heteroatoms. The van der Waals surface area contributed by atoms with E-state index in [4.69, 9.17) is 51.4 Å². The van der Waals surface area contributed by atoms with Crippen LogP contribution in [-0.4, -0.2) is 141 Å². The van der Waals surface area contributed by atoms with Gasteiger partial charge in [-0.3, -0.25) is 24.0 Å². The molecular weight excluding hydrogens is 1020 g/mol. The highest BCUT2D eigenvalue weighted by Gasteiger charge is 2.45. The highest BCUT2D eigenvalue weighted by atomic mass is 32.1. The molecule has 4 amide bonds. The molecule has 0 saturated carbocycles. The second-order valence-electron chi connectivity index (χ2n) is 19.0. The summed E-state index contributed by atoms with van der Waals surface area (Å²) < 4.78 is 37.0. The molecule has 0 spiro atoms. The molecule has 0 unspecified atom stereocenters. The molecule has 412 valence electrons. The first-order valence-electron chi connectivity index (χ1n) is 25.6. The van der Waals surface area contributed by atoms with E-state index in [1.54, 1.807) is 60.7 Å². The third-order valence-electron chi connectivity index (χ3n) is 13.5. The van der Waals surface area contributed by atoms with Gasteiger partial charge in [-0.2, -0.15) is 0 Å². The molecule has 0 aliphatic carbocycles. The van der Waals surface area contributed by atoms with Crippen molar-refractivity contribution in [1.82, 2.24) is 55.8 Å². The quantitative estimate of drug-likeness (QED) is 0.0159. The number of aromatic amines is 1. The molecule has 25 nitrogen and oxygen atoms in total. The number of hydrogen-bond acceptors (Lipinski definition) is 19. The monoisotopic (exact) mass is 1080 g/mol. The molecular formula is C51H64N12O13S. The first-order chi connectivity index (χ1) is 37.2. The minimum Gasteiger partial charge on any atom is -0.458 e. The van der Waals surface area contributed by atoms with E-state index < -0.39 is 47.3 Å². The molecule has 3 aliphatic heterocycles. The van der Waals surface area contributed by atoms with Crippen LogP contribution in [0.15, 0.2) is 41.6 Å². The second kappa shape index (κ2) is 25.7. The Labute approximate surface area is 447 Å². The van der Waals surface area contributed by atoms with E-state index in [9.17, 15) is 33.9 Å². The number of aromatic nitrogens is 7. The summed E-state index contributed by atoms with van der Waals surface area (Å²) in [6.45, 7) is 6.17. The van der Waals surface area contributed by atoms with Gasteiger partial charge < -0.3 is 70.1 Å². The summed E-state index contributed by atoms with van der Waals surface area (Å²) in [6.07, 6.45) is 8.29. The molecule has 8 rings (SSSR count). The molecule has 0 saturated heterocycles. The van der Waals surface area contributed by atoms with Gasteiger partial charge in [0.15, 0.2) is 21.9 Å². The number of aryl methyl sites for hydroxylation is 1. The number of unbranched alkanes of at least 4 members (excludes halogenated alkanes) is 2. The number of ether oxygens (including phenoxy) is 6. The van der Waals surface area contributed by atoms with Gasteiger partial charge in [-0.25, -0.2) is 19.4 Å². The van der Waals surface area contributed by atoms with Crippen LogP contribution < -0.4 is 42.0 Å². The fraction of sp³-hybridized carbons (Fsp3) is 0.510. The van der Waals surface area contributed by atoms with Crippen LogP contribution in [0.25, 0.3) is 33.5 Å². The topological polar surface area (TPSA) is 329 Å². The maximum atomic E-state index is 13.9. The smallest absolute Gasteiger partial charge is 0.343 e. The van der Waals surface area contributed by atoms with Gasteiger partial charge in [-0.1, -0.05) is 26.0 Å². The van der Waals surface area contributed by atoms with Crippen molar-refractivity contribution < 1.29 is 57.5 Å². The van der Waals surface area contributed by atoms with Crippen molar-refractivity contribution in [3.63, 3.8) is 0 Å². The van der Waals surface area contributed by atoms with Crippen molar-refractivity contribution in [3.05, 3.63) is 74.2 Å². The van der Waals surface area contributed by atoms with Crippen LogP contribution in [0.5, 0.6) is 11.5 Å². The van der Waals surface area contributed by atoms with Gasteiger partial charge in [0, 0.05) is 47.1 Å². The molecule has 3 aliphatic rings. The van der Waals surface area contributed by atoms with Gasteiger partial charge >= 0.3 is 5.97 Å². The zero-order valence-corrected chi connectivity index (χ0v) is 44.0. The largest absolute Gasteiger partial charge is 0.458 e. The fourth-order valence-electron chi connectivity index (χ4n) is 9.24. The summed E-state index contributed by atoms with van der Waals surface area (Å²) in [6, 6.07) is 3.39. The number of hydrogen-bond donors (Lipinski definition) is 7. The summed E-state index contributed by atoms with van der Waals surface area (Å²) in [5.41, 5.74) is 8.72. The van der Waals surface area contributed by atoms with Crippen LogP contribution in [0.4, 0.5) is 0 Å². The Morgan fingerprint density at radius 3 is 2.51 bits per heavy atom. The molecule has 0 bridgehead atoms. The predicted molar refractivity (Wildman–Crippen MR) is 277 cm³/mol. The molecule has 3 atom stereocenters. The van der Waals surface area contributed by atoms with Gasteiger partial charge in [0.1, 0.15) is 37.7 Å². The van der Waals surface area contributed by atoms with Gasteiger partial charge in [0.05, 0.1) is 68.1 Å². The Bertz CT molecular complexity index is 3090. The van der Waals surface area contributed by atoms with Crippen LogP contribution >= 0.6 is 12.2 Å². The lowest BCUT2D eigenvalue weighted by atomic mass is 9.86. The highest BCUT2D eigenvalue weighted by Crippen LogP contribution is 2.43. The van der Waals surface area contributed by atoms with E-state index in [2.05, 4.69) is 41.5 Å². The number of fused-ring (bicyclic) bond motifs is 6. The minimum absolute atomic E-state index is 0.0259. The summed E-state index contributed by atoms with van der Waals surface area (Å²) in [4.78, 5) is 91.1. The Morgan fingerprint density at radius 2 is 1.74 bits per heavy atom. The number of cyclic esters (lactones) is 1. The number of nitrogens with one attached hydrogen (secondary N) is 5. The van der Waals surface area contributed by atoms with E-state index >= 15 is 0 Å². The third kappa shape index (κ3) is 13.3. The highest BCUT2D eigenvalue weighted by molar-refractivity contribution is 7.71. The number of benzene rings is 1. The van der Waals surface area contributed by atoms with Crippen LogP contribution in [0.3, 0.4) is 0 Å². The van der Waals surface area contributed by atoms with Gasteiger partial charge in [0.2, 0.25) is 30.4 Å². The van der Waals surface area contributed by atoms with Crippen molar-refractivity contribution in [2.75, 3.05) is 59.6 Å². The number of H-pyrrole nitrogens is 1. The number of pyridine rings is 2. The van der Waals surface area contributed by atoms with E-state index in [1.165, 1.54) is 0 Å². The lowest BCUT2D eigenvalue weighted by Crippen LogP contribution is -2.56. The summed E-state index contributed by atoms with van der Waals surface area (Å²) in [5.74, 6) is -2.20. The van der Waals surface area contributed by atoms with Crippen molar-refractivity contribution in [2.45, 2.75) is 103 Å². The Morgan fingerprint density at radius 1 is 0.935 bits per heavy atom. The average Bonchev–Trinajstić information content (AvgIpc) is 4.34. The maximum Gasteiger partial charge on any atom is 0.343 e. The van der Waals surface area contributed by atoms with E-state index in [0.29, 0.717) is 97.3 Å². The zero-order valence-electron chi connectivity index (χ0n) is 43.1. The van der Waals surface area contributed by atoms with E-state index in [0.717, 1.165) is 22.1 Å². The molecule has 4 aromatic heterocycles. The van der Waals surface area contributed by atoms with Crippen LogP contribution in [0.1, 0.15) is 81.5 Å². The molecule has 8 N–H and O–H groups in total. The summed E-state index contributed by atoms with van der Waals surface area (Å²) in [7, 11) is 0. The normalized spacial score (nSPS) is 15.8. The number of nitrogens with zero attached hydrogens (tertiary/aromatic N) is 6.